The number of halogens is 1. The van der Waals surface area contributed by atoms with E-state index < -0.39 is 0 Å². The average molecular weight is 243 g/mol. The van der Waals surface area contributed by atoms with Crippen LogP contribution < -0.4 is 10.5 Å². The van der Waals surface area contributed by atoms with Crippen LogP contribution in [0.15, 0.2) is 17.3 Å². The fourth-order valence-corrected chi connectivity index (χ4v) is 1.76. The van der Waals surface area contributed by atoms with Gasteiger partial charge in [0.05, 0.1) is 6.61 Å². The molecule has 0 fully saturated rings. The van der Waals surface area contributed by atoms with Crippen LogP contribution in [0.1, 0.15) is 17.5 Å². The first-order valence-electron chi connectivity index (χ1n) is 4.90. The molecule has 88 valence electrons. The molecule has 0 heterocycles. The summed E-state index contributed by atoms with van der Waals surface area (Å²) in [5.41, 5.74) is 7.29. The van der Waals surface area contributed by atoms with Crippen molar-refractivity contribution in [2.24, 2.45) is 10.9 Å². The molecule has 0 aliphatic carbocycles. The van der Waals surface area contributed by atoms with Crippen molar-refractivity contribution in [2.75, 3.05) is 6.61 Å². The highest BCUT2D eigenvalue weighted by Gasteiger charge is 2.05. The molecule has 16 heavy (non-hydrogen) atoms. The summed E-state index contributed by atoms with van der Waals surface area (Å²) in [7, 11) is 0. The van der Waals surface area contributed by atoms with Crippen molar-refractivity contribution in [1.29, 1.82) is 0 Å². The standard InChI is InChI=1S/C11H15ClN2O2/c1-7-5-9(12)6-8(2)11(7)16-4-3-10(13)14-15/h5-6,15H,3-4H2,1-2H3,(H2,13,14). The van der Waals surface area contributed by atoms with E-state index in [0.717, 1.165) is 16.9 Å². The fourth-order valence-electron chi connectivity index (χ4n) is 1.43. The second-order valence-corrected chi connectivity index (χ2v) is 3.99. The van der Waals surface area contributed by atoms with Gasteiger partial charge in [-0.3, -0.25) is 0 Å². The first kappa shape index (κ1) is 12.6. The van der Waals surface area contributed by atoms with Crippen molar-refractivity contribution in [3.63, 3.8) is 0 Å². The number of amidine groups is 1. The van der Waals surface area contributed by atoms with Gasteiger partial charge in [0.2, 0.25) is 0 Å². The van der Waals surface area contributed by atoms with Crippen LogP contribution in [-0.4, -0.2) is 17.6 Å². The number of nitrogens with two attached hydrogens (primary N) is 1. The quantitative estimate of drug-likeness (QED) is 0.369. The molecule has 0 saturated heterocycles. The van der Waals surface area contributed by atoms with Crippen molar-refractivity contribution in [3.05, 3.63) is 28.3 Å². The van der Waals surface area contributed by atoms with Crippen LogP contribution in [0.3, 0.4) is 0 Å². The van der Waals surface area contributed by atoms with Crippen LogP contribution in [0.2, 0.25) is 5.02 Å². The summed E-state index contributed by atoms with van der Waals surface area (Å²) >= 11 is 5.90. The minimum Gasteiger partial charge on any atom is -0.493 e. The van der Waals surface area contributed by atoms with Crippen molar-refractivity contribution in [1.82, 2.24) is 0 Å². The Morgan fingerprint density at radius 2 is 2.00 bits per heavy atom. The van der Waals surface area contributed by atoms with Crippen molar-refractivity contribution in [3.8, 4) is 5.75 Å². The summed E-state index contributed by atoms with van der Waals surface area (Å²) in [6, 6.07) is 3.68. The predicted molar refractivity (Wildman–Crippen MR) is 64.4 cm³/mol. The van der Waals surface area contributed by atoms with Gasteiger partial charge >= 0.3 is 0 Å². The number of hydrogen-bond acceptors (Lipinski definition) is 3. The molecular formula is C11H15ClN2O2. The Morgan fingerprint density at radius 3 is 2.50 bits per heavy atom. The topological polar surface area (TPSA) is 67.8 Å². The molecule has 1 aromatic carbocycles. The van der Waals surface area contributed by atoms with Gasteiger partial charge in [0.25, 0.3) is 0 Å². The third kappa shape index (κ3) is 3.31. The molecule has 4 nitrogen and oxygen atoms in total. The van der Waals surface area contributed by atoms with E-state index in [9.17, 15) is 0 Å². The van der Waals surface area contributed by atoms with Crippen molar-refractivity contribution < 1.29 is 9.94 Å². The number of oxime groups is 1. The highest BCUT2D eigenvalue weighted by Crippen LogP contribution is 2.26. The normalized spacial score (nSPS) is 11.6. The monoisotopic (exact) mass is 242 g/mol. The average Bonchev–Trinajstić information content (AvgIpc) is 2.21. The summed E-state index contributed by atoms with van der Waals surface area (Å²) < 4.78 is 5.56. The van der Waals surface area contributed by atoms with E-state index >= 15 is 0 Å². The number of ether oxygens (including phenoxy) is 1. The summed E-state index contributed by atoms with van der Waals surface area (Å²) in [6.45, 7) is 4.23. The number of rotatable bonds is 4. The molecule has 0 aromatic heterocycles. The number of benzene rings is 1. The first-order chi connectivity index (χ1) is 7.54. The van der Waals surface area contributed by atoms with E-state index in [1.807, 2.05) is 26.0 Å². The Balaban J connectivity index is 2.67. The lowest BCUT2D eigenvalue weighted by molar-refractivity contribution is 0.304. The largest absolute Gasteiger partial charge is 0.493 e. The molecule has 0 aliphatic rings. The van der Waals surface area contributed by atoms with Gasteiger partial charge in [0.1, 0.15) is 11.6 Å². The molecule has 0 atom stereocenters. The molecule has 0 spiro atoms. The third-order valence-corrected chi connectivity index (χ3v) is 2.38. The zero-order chi connectivity index (χ0) is 12.1. The summed E-state index contributed by atoms with van der Waals surface area (Å²) in [5.74, 6) is 0.958. The predicted octanol–water partition coefficient (Wildman–Crippen LogP) is 2.47. The molecule has 0 aliphatic heterocycles. The summed E-state index contributed by atoms with van der Waals surface area (Å²) in [5, 5.41) is 11.9. The maximum atomic E-state index is 8.37. The Kier molecular flexibility index (Phi) is 4.43. The van der Waals surface area contributed by atoms with Crippen LogP contribution >= 0.6 is 11.6 Å². The molecule has 0 bridgehead atoms. The van der Waals surface area contributed by atoms with E-state index in [2.05, 4.69) is 5.16 Å². The van der Waals surface area contributed by atoms with Gasteiger partial charge in [0.15, 0.2) is 0 Å². The van der Waals surface area contributed by atoms with Crippen LogP contribution in [0.25, 0.3) is 0 Å². The lowest BCUT2D eigenvalue weighted by atomic mass is 10.1. The van der Waals surface area contributed by atoms with Gasteiger partial charge in [-0.25, -0.2) is 0 Å². The maximum absolute atomic E-state index is 8.37. The van der Waals surface area contributed by atoms with Gasteiger partial charge < -0.3 is 15.7 Å². The number of aryl methyl sites for hydroxylation is 2. The van der Waals surface area contributed by atoms with E-state index in [0.29, 0.717) is 18.1 Å². The van der Waals surface area contributed by atoms with Gasteiger partial charge in [0, 0.05) is 11.4 Å². The molecule has 3 N–H and O–H groups in total. The van der Waals surface area contributed by atoms with E-state index in [1.165, 1.54) is 0 Å². The number of hydrogen-bond donors (Lipinski definition) is 2. The Bertz CT molecular complexity index is 382. The van der Waals surface area contributed by atoms with Gasteiger partial charge in [-0.2, -0.15) is 0 Å². The SMILES string of the molecule is Cc1cc(Cl)cc(C)c1OCC/C(N)=N/O. The molecule has 0 amide bonds. The minimum absolute atomic E-state index is 0.157. The molecule has 5 heteroatoms. The van der Waals surface area contributed by atoms with Crippen LogP contribution in [0, 0.1) is 13.8 Å². The highest BCUT2D eigenvalue weighted by atomic mass is 35.5. The first-order valence-corrected chi connectivity index (χ1v) is 5.28. The Labute approximate surface area is 99.7 Å². The lowest BCUT2D eigenvalue weighted by Crippen LogP contribution is -2.15. The minimum atomic E-state index is 0.157. The van der Waals surface area contributed by atoms with Crippen LogP contribution in [-0.2, 0) is 0 Å². The molecule has 0 radical (unpaired) electrons. The summed E-state index contributed by atoms with van der Waals surface area (Å²) in [4.78, 5) is 0. The molecule has 1 rings (SSSR count). The Hall–Kier alpha value is -1.42. The molecular weight excluding hydrogens is 228 g/mol. The van der Waals surface area contributed by atoms with E-state index in [4.69, 9.17) is 27.3 Å². The highest BCUT2D eigenvalue weighted by molar-refractivity contribution is 6.30. The zero-order valence-corrected chi connectivity index (χ0v) is 10.1. The Morgan fingerprint density at radius 1 is 1.44 bits per heavy atom. The maximum Gasteiger partial charge on any atom is 0.142 e. The van der Waals surface area contributed by atoms with Crippen LogP contribution in [0.5, 0.6) is 5.75 Å². The summed E-state index contributed by atoms with van der Waals surface area (Å²) in [6.07, 6.45) is 0.387. The number of nitrogens with zero attached hydrogens (tertiary/aromatic N) is 1. The van der Waals surface area contributed by atoms with E-state index in [-0.39, 0.29) is 5.84 Å². The van der Waals surface area contributed by atoms with Gasteiger partial charge in [-0.15, -0.1) is 0 Å². The lowest BCUT2D eigenvalue weighted by Gasteiger charge is -2.12. The smallest absolute Gasteiger partial charge is 0.142 e. The zero-order valence-electron chi connectivity index (χ0n) is 9.33. The molecule has 1 aromatic rings. The fraction of sp³-hybridized carbons (Fsp3) is 0.364. The van der Waals surface area contributed by atoms with E-state index in [1.54, 1.807) is 0 Å². The third-order valence-electron chi connectivity index (χ3n) is 2.16. The van der Waals surface area contributed by atoms with Gasteiger partial charge in [-0.1, -0.05) is 16.8 Å². The second kappa shape index (κ2) is 5.61. The molecule has 0 saturated carbocycles. The molecule has 0 unspecified atom stereocenters. The van der Waals surface area contributed by atoms with Crippen molar-refractivity contribution >= 4 is 17.4 Å². The van der Waals surface area contributed by atoms with Crippen LogP contribution in [0.4, 0.5) is 0 Å². The van der Waals surface area contributed by atoms with Gasteiger partial charge in [-0.05, 0) is 37.1 Å². The van der Waals surface area contributed by atoms with Crippen molar-refractivity contribution in [2.45, 2.75) is 20.3 Å². The second-order valence-electron chi connectivity index (χ2n) is 3.56.